The molecule has 3 rings (SSSR count). The SMILES string of the molecule is CN(C)S(=O)(=O)c1cccc(NC(=O)[C@H]2CC(=O)N(c3ccccc3F)C2)c1. The molecule has 1 aliphatic rings. The third kappa shape index (κ3) is 3.90. The van der Waals surface area contributed by atoms with E-state index in [1.54, 1.807) is 12.1 Å². The molecule has 2 aromatic rings. The van der Waals surface area contributed by atoms with Crippen molar-refractivity contribution < 1.29 is 22.4 Å². The summed E-state index contributed by atoms with van der Waals surface area (Å²) in [6.45, 7) is 0.0568. The number of sulfonamides is 1. The van der Waals surface area contributed by atoms with Crippen molar-refractivity contribution in [3.05, 3.63) is 54.3 Å². The number of hydrogen-bond donors (Lipinski definition) is 1. The molecule has 0 aromatic heterocycles. The smallest absolute Gasteiger partial charge is 0.242 e. The zero-order chi connectivity index (χ0) is 20.5. The molecule has 2 aromatic carbocycles. The molecule has 148 valence electrons. The highest BCUT2D eigenvalue weighted by Gasteiger charge is 2.36. The number of carbonyl (C=O) groups is 2. The molecule has 1 N–H and O–H groups in total. The quantitative estimate of drug-likeness (QED) is 0.825. The largest absolute Gasteiger partial charge is 0.326 e. The molecule has 9 heteroatoms. The van der Waals surface area contributed by atoms with Crippen LogP contribution in [-0.2, 0) is 19.6 Å². The van der Waals surface area contributed by atoms with Crippen molar-refractivity contribution >= 4 is 33.2 Å². The van der Waals surface area contributed by atoms with Gasteiger partial charge in [0.05, 0.1) is 16.5 Å². The number of benzene rings is 2. The lowest BCUT2D eigenvalue weighted by atomic mass is 10.1. The number of amides is 2. The van der Waals surface area contributed by atoms with E-state index in [4.69, 9.17) is 0 Å². The lowest BCUT2D eigenvalue weighted by Crippen LogP contribution is -2.28. The van der Waals surface area contributed by atoms with Gasteiger partial charge in [0.2, 0.25) is 21.8 Å². The maximum absolute atomic E-state index is 14.0. The van der Waals surface area contributed by atoms with E-state index in [0.29, 0.717) is 5.69 Å². The first-order valence-electron chi connectivity index (χ1n) is 8.58. The van der Waals surface area contributed by atoms with E-state index in [2.05, 4.69) is 5.32 Å². The maximum Gasteiger partial charge on any atom is 0.242 e. The second kappa shape index (κ2) is 7.69. The van der Waals surface area contributed by atoms with E-state index in [0.717, 1.165) is 4.31 Å². The Bertz CT molecular complexity index is 1020. The fraction of sp³-hybridized carbons (Fsp3) is 0.263. The summed E-state index contributed by atoms with van der Waals surface area (Å²) in [5.41, 5.74) is 0.451. The number of nitrogens with one attached hydrogen (secondary N) is 1. The molecule has 0 unspecified atom stereocenters. The molecule has 0 aliphatic carbocycles. The van der Waals surface area contributed by atoms with E-state index in [9.17, 15) is 22.4 Å². The number of hydrogen-bond acceptors (Lipinski definition) is 4. The molecule has 1 atom stereocenters. The van der Waals surface area contributed by atoms with Crippen LogP contribution in [0.3, 0.4) is 0 Å². The van der Waals surface area contributed by atoms with E-state index < -0.39 is 27.7 Å². The second-order valence-electron chi connectivity index (χ2n) is 6.66. The summed E-state index contributed by atoms with van der Waals surface area (Å²) >= 11 is 0. The predicted octanol–water partition coefficient (Wildman–Crippen LogP) is 2.07. The van der Waals surface area contributed by atoms with Crippen LogP contribution in [0, 0.1) is 11.7 Å². The van der Waals surface area contributed by atoms with Crippen LogP contribution in [0.4, 0.5) is 15.8 Å². The molecule has 2 amide bonds. The summed E-state index contributed by atoms with van der Waals surface area (Å²) in [4.78, 5) is 26.1. The van der Waals surface area contributed by atoms with Crippen LogP contribution in [0.15, 0.2) is 53.4 Å². The van der Waals surface area contributed by atoms with Crippen molar-refractivity contribution in [3.8, 4) is 0 Å². The lowest BCUT2D eigenvalue weighted by Gasteiger charge is -2.17. The van der Waals surface area contributed by atoms with Crippen LogP contribution in [0.2, 0.25) is 0 Å². The summed E-state index contributed by atoms with van der Waals surface area (Å²) in [5, 5.41) is 2.65. The summed E-state index contributed by atoms with van der Waals surface area (Å²) in [6.07, 6.45) is -0.0458. The Morgan fingerprint density at radius 1 is 1.18 bits per heavy atom. The number of rotatable bonds is 5. The average molecular weight is 405 g/mol. The molecular weight excluding hydrogens is 385 g/mol. The standard InChI is InChI=1S/C19H20FN3O4S/c1-22(2)28(26,27)15-7-5-6-14(11-15)21-19(25)13-10-18(24)23(12-13)17-9-4-3-8-16(17)20/h3-9,11,13H,10,12H2,1-2H3,(H,21,25)/t13-/m0/s1. The minimum Gasteiger partial charge on any atom is -0.326 e. The minimum absolute atomic E-state index is 0.0458. The van der Waals surface area contributed by atoms with Gasteiger partial charge in [-0.3, -0.25) is 9.59 Å². The van der Waals surface area contributed by atoms with Crippen LogP contribution in [0.1, 0.15) is 6.42 Å². The zero-order valence-corrected chi connectivity index (χ0v) is 16.2. The van der Waals surface area contributed by atoms with Crippen molar-refractivity contribution in [3.63, 3.8) is 0 Å². The van der Waals surface area contributed by atoms with E-state index in [1.807, 2.05) is 0 Å². The van der Waals surface area contributed by atoms with Gasteiger partial charge in [0.1, 0.15) is 5.82 Å². The summed E-state index contributed by atoms with van der Waals surface area (Å²) in [5.74, 6) is -1.96. The number of halogens is 1. The first kappa shape index (κ1) is 20.0. The van der Waals surface area contributed by atoms with Crippen molar-refractivity contribution in [2.24, 2.45) is 5.92 Å². The van der Waals surface area contributed by atoms with Gasteiger partial charge in [-0.25, -0.2) is 17.1 Å². The molecule has 0 spiro atoms. The fourth-order valence-corrected chi connectivity index (χ4v) is 3.92. The molecule has 1 aliphatic heterocycles. The van der Waals surface area contributed by atoms with Gasteiger partial charge in [-0.05, 0) is 30.3 Å². The fourth-order valence-electron chi connectivity index (χ4n) is 2.98. The molecule has 0 saturated carbocycles. The average Bonchev–Trinajstić information content (AvgIpc) is 3.04. The number of anilines is 2. The Morgan fingerprint density at radius 2 is 1.89 bits per heavy atom. The molecule has 1 heterocycles. The Balaban J connectivity index is 1.74. The van der Waals surface area contributed by atoms with Gasteiger partial charge < -0.3 is 10.2 Å². The van der Waals surface area contributed by atoms with Gasteiger partial charge in [0.15, 0.2) is 0 Å². The Morgan fingerprint density at radius 3 is 2.57 bits per heavy atom. The molecule has 1 fully saturated rings. The molecule has 1 saturated heterocycles. The topological polar surface area (TPSA) is 86.8 Å². The molecule has 0 bridgehead atoms. The second-order valence-corrected chi connectivity index (χ2v) is 8.81. The van der Waals surface area contributed by atoms with Crippen molar-refractivity contribution in [2.75, 3.05) is 30.9 Å². The molecular formula is C19H20FN3O4S. The van der Waals surface area contributed by atoms with Crippen LogP contribution in [-0.4, -0.2) is 45.2 Å². The maximum atomic E-state index is 14.0. The van der Waals surface area contributed by atoms with Gasteiger partial charge >= 0.3 is 0 Å². The van der Waals surface area contributed by atoms with Gasteiger partial charge in [0, 0.05) is 32.7 Å². The minimum atomic E-state index is -3.63. The van der Waals surface area contributed by atoms with Crippen LogP contribution < -0.4 is 10.2 Å². The van der Waals surface area contributed by atoms with E-state index >= 15 is 0 Å². The first-order chi connectivity index (χ1) is 13.2. The number of nitrogens with zero attached hydrogens (tertiary/aromatic N) is 2. The van der Waals surface area contributed by atoms with Gasteiger partial charge in [-0.1, -0.05) is 18.2 Å². The van der Waals surface area contributed by atoms with Gasteiger partial charge in [-0.2, -0.15) is 0 Å². The zero-order valence-electron chi connectivity index (χ0n) is 15.4. The monoisotopic (exact) mass is 405 g/mol. The summed E-state index contributed by atoms with van der Waals surface area (Å²) in [6, 6.07) is 11.8. The highest BCUT2D eigenvalue weighted by molar-refractivity contribution is 7.89. The lowest BCUT2D eigenvalue weighted by molar-refractivity contribution is -0.122. The first-order valence-corrected chi connectivity index (χ1v) is 10.0. The third-order valence-electron chi connectivity index (χ3n) is 4.52. The molecule has 0 radical (unpaired) electrons. The summed E-state index contributed by atoms with van der Waals surface area (Å²) in [7, 11) is -0.797. The van der Waals surface area contributed by atoms with Crippen LogP contribution in [0.25, 0.3) is 0 Å². The van der Waals surface area contributed by atoms with E-state index in [1.165, 1.54) is 55.4 Å². The van der Waals surface area contributed by atoms with Crippen molar-refractivity contribution in [2.45, 2.75) is 11.3 Å². The van der Waals surface area contributed by atoms with Crippen LogP contribution >= 0.6 is 0 Å². The normalized spacial score (nSPS) is 17.2. The van der Waals surface area contributed by atoms with Gasteiger partial charge in [0.25, 0.3) is 0 Å². The van der Waals surface area contributed by atoms with Gasteiger partial charge in [-0.15, -0.1) is 0 Å². The van der Waals surface area contributed by atoms with Crippen LogP contribution in [0.5, 0.6) is 0 Å². The third-order valence-corrected chi connectivity index (χ3v) is 6.33. The predicted molar refractivity (Wildman–Crippen MR) is 103 cm³/mol. The van der Waals surface area contributed by atoms with Crippen molar-refractivity contribution in [1.82, 2.24) is 4.31 Å². The Labute approximate surface area is 162 Å². The Hall–Kier alpha value is -2.78. The molecule has 28 heavy (non-hydrogen) atoms. The molecule has 7 nitrogen and oxygen atoms in total. The highest BCUT2D eigenvalue weighted by atomic mass is 32.2. The van der Waals surface area contributed by atoms with E-state index in [-0.39, 0.29) is 29.5 Å². The van der Waals surface area contributed by atoms with Crippen molar-refractivity contribution in [1.29, 1.82) is 0 Å². The number of carbonyl (C=O) groups excluding carboxylic acids is 2. The summed E-state index contributed by atoms with van der Waals surface area (Å²) < 4.78 is 39.5. The number of para-hydroxylation sites is 1. The Kier molecular flexibility index (Phi) is 5.48. The highest BCUT2D eigenvalue weighted by Crippen LogP contribution is 2.28.